The van der Waals surface area contributed by atoms with E-state index in [1.54, 1.807) is 0 Å². The van der Waals surface area contributed by atoms with Gasteiger partial charge in [-0.2, -0.15) is 13.0 Å². The maximum Gasteiger partial charge on any atom is 0.303 e. The van der Waals surface area contributed by atoms with Crippen molar-refractivity contribution in [1.82, 2.24) is 15.1 Å². The summed E-state index contributed by atoms with van der Waals surface area (Å²) in [7, 11) is -0.742. The number of nitrogens with one attached hydrogen (secondary N) is 1. The number of carbonyl (C=O) groups is 4. The van der Waals surface area contributed by atoms with Gasteiger partial charge in [-0.15, -0.1) is 0 Å². The number of hydrogen-bond donors (Lipinski definition) is 3. The van der Waals surface area contributed by atoms with E-state index in [0.29, 0.717) is 62.2 Å². The summed E-state index contributed by atoms with van der Waals surface area (Å²) < 4.78 is 36.6. The molecule has 346 valence electrons. The van der Waals surface area contributed by atoms with Crippen molar-refractivity contribution in [3.8, 4) is 0 Å². The maximum absolute atomic E-state index is 14.8. The minimum atomic E-state index is -4.65. The molecule has 1 aliphatic carbocycles. The van der Waals surface area contributed by atoms with E-state index in [2.05, 4.69) is 73.7 Å². The summed E-state index contributed by atoms with van der Waals surface area (Å²) in [5.74, 6) is -2.92. The number of nitrogens with zero attached hydrogens (tertiary/aromatic N) is 4. The molecular formula is C50H68N5O8S+. The molecule has 2 atom stereocenters. The number of aliphatic carboxylic acids is 1. The Morgan fingerprint density at radius 1 is 0.922 bits per heavy atom. The van der Waals surface area contributed by atoms with Gasteiger partial charge < -0.3 is 25.1 Å². The highest BCUT2D eigenvalue weighted by Crippen LogP contribution is 2.50. The molecule has 3 heterocycles. The van der Waals surface area contributed by atoms with Crippen LogP contribution in [0.1, 0.15) is 116 Å². The lowest BCUT2D eigenvalue weighted by atomic mass is 9.76. The molecule has 0 radical (unpaired) electrons. The zero-order valence-corrected chi connectivity index (χ0v) is 39.6. The molecule has 64 heavy (non-hydrogen) atoms. The Kier molecular flexibility index (Phi) is 15.2. The highest BCUT2D eigenvalue weighted by Gasteiger charge is 2.49. The molecule has 1 unspecified atom stereocenters. The summed E-state index contributed by atoms with van der Waals surface area (Å²) in [5, 5.41) is 11.6. The van der Waals surface area contributed by atoms with Crippen LogP contribution in [-0.4, -0.2) is 120 Å². The maximum atomic E-state index is 14.8. The number of unbranched alkanes of at least 4 members (excludes halogenated alkanes) is 4. The predicted molar refractivity (Wildman–Crippen MR) is 251 cm³/mol. The largest absolute Gasteiger partial charge is 0.481 e. The highest BCUT2D eigenvalue weighted by atomic mass is 32.2. The molecule has 0 aromatic heterocycles. The normalized spacial score (nSPS) is 20.6. The fraction of sp³-hybridized carbons (Fsp3) is 0.540. The average Bonchev–Trinajstić information content (AvgIpc) is 3.85. The topological polar surface area (TPSA) is 168 Å². The molecule has 4 aliphatic rings. The second-order valence-corrected chi connectivity index (χ2v) is 20.5. The molecule has 1 amide bonds. The Morgan fingerprint density at radius 3 is 2.30 bits per heavy atom. The van der Waals surface area contributed by atoms with Crippen molar-refractivity contribution in [2.75, 3.05) is 50.9 Å². The number of para-hydroxylation sites is 2. The molecule has 13 nitrogen and oxygen atoms in total. The van der Waals surface area contributed by atoms with Crippen LogP contribution in [0, 0.1) is 0 Å². The van der Waals surface area contributed by atoms with Crippen molar-refractivity contribution < 1.29 is 41.8 Å². The molecule has 0 bridgehead atoms. The Hall–Kier alpha value is -4.92. The molecule has 1 fully saturated rings. The standard InChI is InChI=1S/C50H67N5O8S/c1-8-9-16-29-54-40-23-15-13-21-37(40)50(4,5)44(54)32-35-46(34(47(35)59)31-43-49(2,3)36-20-12-14-22-39(36)53(43)7)55-30-18-24-41(55)48(60)51-38(33-64(61,62)63)42(56)25-19-28-52(6)27-17-10-11-26-45(57)58/h12-15,20-23,31-32,38,41H,8-11,16-19,24-30,33H2,1-7H3,(H2-,51,57,58,60,61,62,63)/p+1/t38?,41-/m0/s1. The van der Waals surface area contributed by atoms with E-state index >= 15 is 0 Å². The summed E-state index contributed by atoms with van der Waals surface area (Å²) in [6.07, 6.45) is 10.8. The summed E-state index contributed by atoms with van der Waals surface area (Å²) in [5.41, 5.74) is 7.26. The third kappa shape index (κ3) is 10.4. The van der Waals surface area contributed by atoms with Crippen LogP contribution in [0.25, 0.3) is 0 Å². The zero-order valence-electron chi connectivity index (χ0n) is 38.8. The number of amides is 1. The molecule has 14 heteroatoms. The van der Waals surface area contributed by atoms with E-state index in [4.69, 9.17) is 5.11 Å². The number of Topliss-reactive ketones (excluding diaryl/α,β-unsaturated/α-hetero) is 2. The number of likely N-dealkylation sites (tertiary alicyclic amines) is 1. The van der Waals surface area contributed by atoms with Gasteiger partial charge in [-0.1, -0.05) is 76.4 Å². The number of ketones is 2. The van der Waals surface area contributed by atoms with Crippen LogP contribution in [0.3, 0.4) is 0 Å². The first-order valence-electron chi connectivity index (χ1n) is 23.0. The molecule has 0 saturated carbocycles. The first-order valence-corrected chi connectivity index (χ1v) is 24.6. The smallest absolute Gasteiger partial charge is 0.303 e. The Labute approximate surface area is 379 Å². The van der Waals surface area contributed by atoms with Gasteiger partial charge >= 0.3 is 5.97 Å². The molecule has 0 spiro atoms. The molecular weight excluding hydrogens is 831 g/mol. The number of fused-ring (bicyclic) bond motifs is 2. The number of hydrogen-bond acceptors (Lipinski definition) is 9. The summed E-state index contributed by atoms with van der Waals surface area (Å²) in [6, 6.07) is 14.3. The van der Waals surface area contributed by atoms with E-state index < -0.39 is 56.4 Å². The van der Waals surface area contributed by atoms with Crippen molar-refractivity contribution in [2.24, 2.45) is 0 Å². The van der Waals surface area contributed by atoms with E-state index in [1.165, 1.54) is 5.56 Å². The van der Waals surface area contributed by atoms with Crippen LogP contribution in [0.4, 0.5) is 11.4 Å². The minimum absolute atomic E-state index is 0.0142. The van der Waals surface area contributed by atoms with Crippen LogP contribution in [0.2, 0.25) is 0 Å². The van der Waals surface area contributed by atoms with Crippen molar-refractivity contribution in [3.63, 3.8) is 0 Å². The number of anilines is 1. The molecule has 1 saturated heterocycles. The lowest BCUT2D eigenvalue weighted by Gasteiger charge is -2.37. The van der Waals surface area contributed by atoms with Crippen LogP contribution in [-0.2, 0) is 40.1 Å². The lowest BCUT2D eigenvalue weighted by molar-refractivity contribution is -0.401. The number of allylic oxidation sites excluding steroid dienone is 5. The summed E-state index contributed by atoms with van der Waals surface area (Å²) in [4.78, 5) is 60.0. The third-order valence-corrected chi connectivity index (χ3v) is 14.4. The van der Waals surface area contributed by atoms with E-state index in [9.17, 15) is 32.1 Å². The molecule has 3 aliphatic heterocycles. The van der Waals surface area contributed by atoms with Crippen LogP contribution < -0.4 is 10.2 Å². The van der Waals surface area contributed by atoms with Crippen LogP contribution >= 0.6 is 0 Å². The fourth-order valence-corrected chi connectivity index (χ4v) is 10.7. The molecule has 3 N–H and O–H groups in total. The second kappa shape index (κ2) is 20.1. The number of carbonyl (C=O) groups excluding carboxylic acids is 3. The van der Waals surface area contributed by atoms with E-state index in [1.807, 2.05) is 60.3 Å². The van der Waals surface area contributed by atoms with Gasteiger partial charge in [0, 0.05) is 66.0 Å². The van der Waals surface area contributed by atoms with Crippen molar-refractivity contribution >= 4 is 50.6 Å². The molecule has 2 aromatic rings. The zero-order chi connectivity index (χ0) is 46.6. The average molecular weight is 899 g/mol. The van der Waals surface area contributed by atoms with Gasteiger partial charge in [-0.25, -0.2) is 0 Å². The van der Waals surface area contributed by atoms with Crippen LogP contribution in [0.5, 0.6) is 0 Å². The van der Waals surface area contributed by atoms with Gasteiger partial charge in [0.25, 0.3) is 10.1 Å². The molecule has 6 rings (SSSR count). The summed E-state index contributed by atoms with van der Waals surface area (Å²) in [6.45, 7) is 13.3. The number of carboxylic acids is 1. The fourth-order valence-electron chi connectivity index (χ4n) is 10.1. The molecule has 2 aromatic carbocycles. The van der Waals surface area contributed by atoms with Gasteiger partial charge in [0.1, 0.15) is 24.9 Å². The Morgan fingerprint density at radius 2 is 1.61 bits per heavy atom. The number of rotatable bonds is 22. The first kappa shape index (κ1) is 48.5. The Balaban J connectivity index is 1.32. The number of carboxylic acid groups (broad SMARTS) is 1. The SMILES string of the molecule is CCCCCN1/C(=C/C2=C(N3CCC[C@H]3C(=O)NC(CS(=O)(=O)O)C(=O)CCCN(C)CCCCCC(=O)O)C(=C/C3=[N+](C)c4ccccc4C3(C)C)/C2=O)C(C)(C)c2ccccc21. The van der Waals surface area contributed by atoms with E-state index in [0.717, 1.165) is 67.0 Å². The van der Waals surface area contributed by atoms with Gasteiger partial charge in [0.2, 0.25) is 11.6 Å². The first-order chi connectivity index (χ1) is 30.3. The monoisotopic (exact) mass is 898 g/mol. The van der Waals surface area contributed by atoms with Gasteiger partial charge in [-0.3, -0.25) is 23.7 Å². The van der Waals surface area contributed by atoms with Crippen molar-refractivity contribution in [1.29, 1.82) is 0 Å². The van der Waals surface area contributed by atoms with Gasteiger partial charge in [0.05, 0.1) is 16.7 Å². The number of benzene rings is 2. The second-order valence-electron chi connectivity index (χ2n) is 19.0. The predicted octanol–water partition coefficient (Wildman–Crippen LogP) is 7.09. The highest BCUT2D eigenvalue weighted by molar-refractivity contribution is 7.85. The Bertz CT molecular complexity index is 2380. The van der Waals surface area contributed by atoms with Crippen molar-refractivity contribution in [3.05, 3.63) is 94.4 Å². The minimum Gasteiger partial charge on any atom is -0.481 e. The van der Waals surface area contributed by atoms with E-state index in [-0.39, 0.29) is 18.6 Å². The van der Waals surface area contributed by atoms with Crippen LogP contribution in [0.15, 0.2) is 83.2 Å². The van der Waals surface area contributed by atoms with Gasteiger partial charge in [-0.05, 0) is 90.2 Å². The summed E-state index contributed by atoms with van der Waals surface area (Å²) >= 11 is 0. The van der Waals surface area contributed by atoms with Gasteiger partial charge in [0.15, 0.2) is 17.3 Å². The third-order valence-electron chi connectivity index (χ3n) is 13.6. The quantitative estimate of drug-likeness (QED) is 0.0478. The lowest BCUT2D eigenvalue weighted by Crippen LogP contribution is -2.52. The van der Waals surface area contributed by atoms with Crippen molar-refractivity contribution in [2.45, 2.75) is 128 Å².